The second kappa shape index (κ2) is 12.9. The minimum Gasteiger partial charge on any atom is -0.497 e. The predicted molar refractivity (Wildman–Crippen MR) is 159 cm³/mol. The summed E-state index contributed by atoms with van der Waals surface area (Å²) in [7, 11) is 1.62. The molecule has 198 valence electrons. The van der Waals surface area contributed by atoms with Gasteiger partial charge < -0.3 is 14.2 Å². The van der Waals surface area contributed by atoms with Gasteiger partial charge in [-0.1, -0.05) is 29.3 Å². The summed E-state index contributed by atoms with van der Waals surface area (Å²) in [5.74, 6) is 1.74. The average molecular weight is 636 g/mol. The average Bonchev–Trinajstić information content (AvgIpc) is 3.18. The van der Waals surface area contributed by atoms with E-state index in [1.165, 1.54) is 11.8 Å². The highest BCUT2D eigenvalue weighted by molar-refractivity contribution is 9.10. The molecule has 10 heteroatoms. The highest BCUT2D eigenvalue weighted by Crippen LogP contribution is 2.40. The number of methoxy groups -OCH3 is 1. The zero-order valence-electron chi connectivity index (χ0n) is 21.0. The maximum atomic E-state index is 13.2. The van der Waals surface area contributed by atoms with Crippen LogP contribution in [0.5, 0.6) is 17.2 Å². The van der Waals surface area contributed by atoms with E-state index >= 15 is 0 Å². The molecule has 38 heavy (non-hydrogen) atoms. The Labute approximate surface area is 244 Å². The number of rotatable bonds is 9. The summed E-state index contributed by atoms with van der Waals surface area (Å²) in [4.78, 5) is 20.1. The molecule has 0 aromatic heterocycles. The highest BCUT2D eigenvalue weighted by Gasteiger charge is 2.32. The van der Waals surface area contributed by atoms with E-state index < -0.39 is 0 Å². The smallest absolute Gasteiger partial charge is 0.266 e. The van der Waals surface area contributed by atoms with Crippen LogP contribution in [0.3, 0.4) is 0 Å². The predicted octanol–water partition coefficient (Wildman–Crippen LogP) is 8.37. The van der Waals surface area contributed by atoms with E-state index in [9.17, 15) is 4.79 Å². The molecule has 0 atom stereocenters. The number of aliphatic imine (C=N–C) groups is 1. The lowest BCUT2D eigenvalue weighted by Crippen LogP contribution is -2.28. The Morgan fingerprint density at radius 2 is 1.82 bits per heavy atom. The van der Waals surface area contributed by atoms with Crippen LogP contribution in [0.25, 0.3) is 6.08 Å². The molecule has 1 heterocycles. The van der Waals surface area contributed by atoms with Crippen molar-refractivity contribution in [3.63, 3.8) is 0 Å². The van der Waals surface area contributed by atoms with Crippen LogP contribution in [0.15, 0.2) is 69.0 Å². The van der Waals surface area contributed by atoms with E-state index in [1.54, 1.807) is 24.1 Å². The fourth-order valence-corrected chi connectivity index (χ4v) is 5.75. The Balaban J connectivity index is 1.60. The first-order valence-electron chi connectivity index (χ1n) is 11.8. The zero-order valence-corrected chi connectivity index (χ0v) is 24.9. The van der Waals surface area contributed by atoms with Gasteiger partial charge in [-0.2, -0.15) is 0 Å². The van der Waals surface area contributed by atoms with E-state index in [2.05, 4.69) is 20.9 Å². The summed E-state index contributed by atoms with van der Waals surface area (Å²) in [5, 5.41) is 1.71. The van der Waals surface area contributed by atoms with Gasteiger partial charge in [0.25, 0.3) is 5.91 Å². The molecule has 1 saturated heterocycles. The normalized spacial score (nSPS) is 15.4. The molecule has 6 nitrogen and oxygen atoms in total. The lowest BCUT2D eigenvalue weighted by molar-refractivity contribution is -0.122. The highest BCUT2D eigenvalue weighted by atomic mass is 79.9. The van der Waals surface area contributed by atoms with E-state index in [1.807, 2.05) is 62.4 Å². The zero-order chi connectivity index (χ0) is 27.2. The fourth-order valence-electron chi connectivity index (χ4n) is 3.65. The Morgan fingerprint density at radius 3 is 2.47 bits per heavy atom. The van der Waals surface area contributed by atoms with Gasteiger partial charge >= 0.3 is 0 Å². The number of halogens is 3. The van der Waals surface area contributed by atoms with Gasteiger partial charge in [-0.15, -0.1) is 0 Å². The second-order valence-corrected chi connectivity index (χ2v) is 10.7. The van der Waals surface area contributed by atoms with Crippen LogP contribution in [-0.4, -0.2) is 36.2 Å². The first kappa shape index (κ1) is 28.4. The first-order chi connectivity index (χ1) is 18.3. The number of thioether (sulfide) groups is 1. The van der Waals surface area contributed by atoms with E-state index in [-0.39, 0.29) is 12.5 Å². The fraction of sp³-hybridized carbons (Fsp3) is 0.214. The third-order valence-electron chi connectivity index (χ3n) is 5.52. The topological polar surface area (TPSA) is 60.4 Å². The van der Waals surface area contributed by atoms with Crippen molar-refractivity contribution >= 4 is 73.7 Å². The van der Waals surface area contributed by atoms with E-state index in [4.69, 9.17) is 37.4 Å². The number of carbonyl (C=O) groups is 1. The SMILES string of the molecule is CCOc1cc(/C=C2/SC(=Nc3ccc(OC)cc3)N(CC)C2=O)cc(Br)c1OCc1ccc(Cl)cc1Cl. The number of hydrogen-bond donors (Lipinski definition) is 0. The lowest BCUT2D eigenvalue weighted by Gasteiger charge is -2.15. The van der Waals surface area contributed by atoms with Crippen molar-refractivity contribution in [2.24, 2.45) is 4.99 Å². The Bertz CT molecular complexity index is 1400. The molecule has 0 saturated carbocycles. The number of amides is 1. The van der Waals surface area contributed by atoms with Crippen molar-refractivity contribution in [2.75, 3.05) is 20.3 Å². The number of amidine groups is 1. The number of nitrogens with zero attached hydrogens (tertiary/aromatic N) is 2. The van der Waals surface area contributed by atoms with Crippen LogP contribution in [0.1, 0.15) is 25.0 Å². The Kier molecular flexibility index (Phi) is 9.65. The molecule has 4 rings (SSSR count). The first-order valence-corrected chi connectivity index (χ1v) is 14.2. The monoisotopic (exact) mass is 634 g/mol. The Hall–Kier alpha value is -2.65. The van der Waals surface area contributed by atoms with E-state index in [0.29, 0.717) is 49.2 Å². The molecule has 3 aromatic rings. The summed E-state index contributed by atoms with van der Waals surface area (Å²) in [5.41, 5.74) is 2.33. The molecule has 0 spiro atoms. The molecule has 0 bridgehead atoms. The molecule has 0 radical (unpaired) electrons. The number of ether oxygens (including phenoxy) is 3. The minimum absolute atomic E-state index is 0.100. The minimum atomic E-state index is -0.100. The molecule has 1 aliphatic rings. The summed E-state index contributed by atoms with van der Waals surface area (Å²) < 4.78 is 17.9. The van der Waals surface area contributed by atoms with Gasteiger partial charge in [0.2, 0.25) is 0 Å². The lowest BCUT2D eigenvalue weighted by atomic mass is 10.1. The van der Waals surface area contributed by atoms with Gasteiger partial charge in [0.05, 0.1) is 28.8 Å². The maximum Gasteiger partial charge on any atom is 0.266 e. The maximum absolute atomic E-state index is 13.2. The van der Waals surface area contributed by atoms with Crippen LogP contribution in [0.4, 0.5) is 5.69 Å². The van der Waals surface area contributed by atoms with Crippen molar-refractivity contribution in [1.82, 2.24) is 4.90 Å². The number of carbonyl (C=O) groups excluding carboxylic acids is 1. The summed E-state index contributed by atoms with van der Waals surface area (Å²) in [6.45, 7) is 5.01. The van der Waals surface area contributed by atoms with Crippen LogP contribution in [0, 0.1) is 0 Å². The van der Waals surface area contributed by atoms with Crippen molar-refractivity contribution in [3.8, 4) is 17.2 Å². The molecule has 0 N–H and O–H groups in total. The van der Waals surface area contributed by atoms with Gasteiger partial charge in [0.15, 0.2) is 16.7 Å². The standard InChI is InChI=1S/C28H25BrCl2N2O4S/c1-4-33-27(34)25(38-28(33)32-20-8-10-21(35-3)11-9-20)14-17-12-22(29)26(24(13-17)36-5-2)37-16-18-6-7-19(30)15-23(18)31/h6-15H,4-5,16H2,1-3H3/b25-14+,32-28?. The quantitative estimate of drug-likeness (QED) is 0.221. The van der Waals surface area contributed by atoms with Crippen molar-refractivity contribution in [3.05, 3.63) is 85.1 Å². The van der Waals surface area contributed by atoms with E-state index in [0.717, 1.165) is 22.6 Å². The summed E-state index contributed by atoms with van der Waals surface area (Å²) in [6, 6.07) is 16.4. The molecular weight excluding hydrogens is 611 g/mol. The molecule has 3 aromatic carbocycles. The number of benzene rings is 3. The van der Waals surface area contributed by atoms with Crippen LogP contribution in [0.2, 0.25) is 10.0 Å². The van der Waals surface area contributed by atoms with Crippen LogP contribution < -0.4 is 14.2 Å². The third kappa shape index (κ3) is 6.67. The van der Waals surface area contributed by atoms with Crippen molar-refractivity contribution in [2.45, 2.75) is 20.5 Å². The molecular formula is C28H25BrCl2N2O4S. The molecule has 0 aliphatic carbocycles. The molecule has 1 aliphatic heterocycles. The van der Waals surface area contributed by atoms with Gasteiger partial charge in [-0.3, -0.25) is 9.69 Å². The molecule has 0 unspecified atom stereocenters. The van der Waals surface area contributed by atoms with Crippen molar-refractivity contribution in [1.29, 1.82) is 0 Å². The molecule has 1 amide bonds. The molecule has 1 fully saturated rings. The van der Waals surface area contributed by atoms with Gasteiger partial charge in [0.1, 0.15) is 12.4 Å². The third-order valence-corrected chi connectivity index (χ3v) is 7.70. The van der Waals surface area contributed by atoms with Crippen LogP contribution >= 0.6 is 50.9 Å². The largest absolute Gasteiger partial charge is 0.497 e. The van der Waals surface area contributed by atoms with Crippen LogP contribution in [-0.2, 0) is 11.4 Å². The van der Waals surface area contributed by atoms with Crippen molar-refractivity contribution < 1.29 is 19.0 Å². The second-order valence-electron chi connectivity index (χ2n) is 8.04. The Morgan fingerprint density at radius 1 is 1.05 bits per heavy atom. The number of hydrogen-bond acceptors (Lipinski definition) is 6. The van der Waals surface area contributed by atoms with Gasteiger partial charge in [-0.25, -0.2) is 4.99 Å². The summed E-state index contributed by atoms with van der Waals surface area (Å²) >= 11 is 17.2. The van der Waals surface area contributed by atoms with Gasteiger partial charge in [0, 0.05) is 22.2 Å². The van der Waals surface area contributed by atoms with Gasteiger partial charge in [-0.05, 0) is 102 Å². The summed E-state index contributed by atoms with van der Waals surface area (Å²) in [6.07, 6.45) is 1.83. The number of likely N-dealkylation sites (N-methyl/N-ethyl adjacent to an activating group) is 1.